The maximum atomic E-state index is 5.74. The third kappa shape index (κ3) is 2.63. The molecule has 17 heavy (non-hydrogen) atoms. The molecular formula is C12H14N4O. The smallest absolute Gasteiger partial charge is 0.152 e. The maximum Gasteiger partial charge on any atom is 0.152 e. The molecule has 0 aliphatic rings. The Morgan fingerprint density at radius 2 is 2.18 bits per heavy atom. The Labute approximate surface area is 99.7 Å². The number of nitrogen functional groups attached to an aromatic ring is 1. The molecular weight excluding hydrogens is 216 g/mol. The van der Waals surface area contributed by atoms with Crippen LogP contribution in [0, 0.1) is 0 Å². The molecule has 0 aliphatic carbocycles. The van der Waals surface area contributed by atoms with Gasteiger partial charge in [-0.1, -0.05) is 18.2 Å². The lowest BCUT2D eigenvalue weighted by atomic mass is 10.2. The molecule has 3 N–H and O–H groups in total. The first-order valence-electron chi connectivity index (χ1n) is 5.22. The number of hydrogen-bond donors (Lipinski definition) is 2. The van der Waals surface area contributed by atoms with Gasteiger partial charge in [-0.2, -0.15) is 0 Å². The second kappa shape index (κ2) is 5.16. The van der Waals surface area contributed by atoms with Crippen LogP contribution in [0.5, 0.6) is 5.75 Å². The molecule has 88 valence electrons. The van der Waals surface area contributed by atoms with Crippen LogP contribution >= 0.6 is 0 Å². The highest BCUT2D eigenvalue weighted by molar-refractivity contribution is 5.59. The summed E-state index contributed by atoms with van der Waals surface area (Å²) < 4.78 is 5.26. The molecule has 0 atom stereocenters. The quantitative estimate of drug-likeness (QED) is 0.836. The lowest BCUT2D eigenvalue weighted by Crippen LogP contribution is -2.05. The van der Waals surface area contributed by atoms with Gasteiger partial charge in [0.1, 0.15) is 12.1 Å². The molecule has 0 radical (unpaired) electrons. The number of benzene rings is 1. The number of hydrogen-bond acceptors (Lipinski definition) is 5. The van der Waals surface area contributed by atoms with Crippen LogP contribution in [0.4, 0.5) is 11.5 Å². The highest BCUT2D eigenvalue weighted by Gasteiger charge is 2.03. The molecule has 0 unspecified atom stereocenters. The summed E-state index contributed by atoms with van der Waals surface area (Å²) in [6.07, 6.45) is 3.03. The second-order valence-electron chi connectivity index (χ2n) is 3.49. The van der Waals surface area contributed by atoms with Gasteiger partial charge in [-0.05, 0) is 6.07 Å². The molecule has 0 saturated heterocycles. The Kier molecular flexibility index (Phi) is 3.40. The lowest BCUT2D eigenvalue weighted by Gasteiger charge is -2.10. The van der Waals surface area contributed by atoms with E-state index in [1.807, 2.05) is 24.3 Å². The molecule has 0 spiro atoms. The molecule has 1 aromatic carbocycles. The molecule has 5 nitrogen and oxygen atoms in total. The van der Waals surface area contributed by atoms with Gasteiger partial charge in [-0.15, -0.1) is 0 Å². The van der Waals surface area contributed by atoms with Gasteiger partial charge < -0.3 is 15.8 Å². The summed E-state index contributed by atoms with van der Waals surface area (Å²) >= 11 is 0. The van der Waals surface area contributed by atoms with Crippen LogP contribution in [0.25, 0.3) is 0 Å². The summed E-state index contributed by atoms with van der Waals surface area (Å²) in [5.41, 5.74) is 7.32. The first-order valence-corrected chi connectivity index (χ1v) is 5.22. The van der Waals surface area contributed by atoms with E-state index in [1.165, 1.54) is 6.33 Å². The first-order chi connectivity index (χ1) is 8.31. The molecule has 1 aromatic heterocycles. The van der Waals surface area contributed by atoms with Crippen LogP contribution < -0.4 is 15.8 Å². The van der Waals surface area contributed by atoms with Crippen molar-refractivity contribution in [3.63, 3.8) is 0 Å². The zero-order valence-corrected chi connectivity index (χ0v) is 9.55. The molecule has 5 heteroatoms. The molecule has 0 aliphatic heterocycles. The van der Waals surface area contributed by atoms with Crippen LogP contribution in [0.2, 0.25) is 0 Å². The number of nitrogens with one attached hydrogen (secondary N) is 1. The lowest BCUT2D eigenvalue weighted by molar-refractivity contribution is 0.410. The van der Waals surface area contributed by atoms with Crippen molar-refractivity contribution in [3.05, 3.63) is 42.4 Å². The molecule has 0 fully saturated rings. The van der Waals surface area contributed by atoms with Gasteiger partial charge in [0.25, 0.3) is 0 Å². The predicted molar refractivity (Wildman–Crippen MR) is 66.8 cm³/mol. The van der Waals surface area contributed by atoms with Gasteiger partial charge in [-0.3, -0.25) is 0 Å². The average Bonchev–Trinajstić information content (AvgIpc) is 2.38. The minimum absolute atomic E-state index is 0.530. The van der Waals surface area contributed by atoms with Gasteiger partial charge in [0, 0.05) is 12.1 Å². The third-order valence-corrected chi connectivity index (χ3v) is 2.38. The maximum absolute atomic E-state index is 5.74. The van der Waals surface area contributed by atoms with E-state index in [-0.39, 0.29) is 0 Å². The van der Waals surface area contributed by atoms with Gasteiger partial charge >= 0.3 is 0 Å². The van der Waals surface area contributed by atoms with Crippen LogP contribution in [0.3, 0.4) is 0 Å². The van der Waals surface area contributed by atoms with Crippen LogP contribution in [0.1, 0.15) is 5.56 Å². The largest absolute Gasteiger partial charge is 0.496 e. The zero-order valence-electron chi connectivity index (χ0n) is 9.55. The molecule has 1 heterocycles. The Morgan fingerprint density at radius 3 is 2.94 bits per heavy atom. The fourth-order valence-electron chi connectivity index (χ4n) is 1.52. The summed E-state index contributed by atoms with van der Waals surface area (Å²) in [5, 5.41) is 3.15. The van der Waals surface area contributed by atoms with E-state index in [1.54, 1.807) is 13.3 Å². The van der Waals surface area contributed by atoms with E-state index in [9.17, 15) is 0 Å². The minimum atomic E-state index is 0.530. The van der Waals surface area contributed by atoms with E-state index in [4.69, 9.17) is 10.5 Å². The van der Waals surface area contributed by atoms with Gasteiger partial charge in [0.2, 0.25) is 0 Å². The van der Waals surface area contributed by atoms with Crippen LogP contribution in [-0.2, 0) is 6.54 Å². The summed E-state index contributed by atoms with van der Waals surface area (Å²) in [7, 11) is 1.65. The predicted octanol–water partition coefficient (Wildman–Crippen LogP) is 1.68. The number of ether oxygens (including phenoxy) is 1. The number of para-hydroxylation sites is 1. The number of nitrogens with zero attached hydrogens (tertiary/aromatic N) is 2. The number of rotatable bonds is 4. The minimum Gasteiger partial charge on any atom is -0.496 e. The van der Waals surface area contributed by atoms with E-state index in [2.05, 4.69) is 15.3 Å². The van der Waals surface area contributed by atoms with Crippen molar-refractivity contribution in [2.45, 2.75) is 6.54 Å². The van der Waals surface area contributed by atoms with Gasteiger partial charge in [-0.25, -0.2) is 9.97 Å². The second-order valence-corrected chi connectivity index (χ2v) is 3.49. The highest BCUT2D eigenvalue weighted by atomic mass is 16.5. The standard InChI is InChI=1S/C12H14N4O/c1-17-11-5-3-2-4-9(11)6-15-12-10(13)7-14-8-16-12/h2-5,7-8H,6,13H2,1H3,(H,14,15,16). The van der Waals surface area contributed by atoms with E-state index in [0.29, 0.717) is 18.1 Å². The molecule has 0 bridgehead atoms. The molecule has 2 aromatic rings. The van der Waals surface area contributed by atoms with Crippen molar-refractivity contribution in [1.29, 1.82) is 0 Å². The van der Waals surface area contributed by atoms with Crippen molar-refractivity contribution in [1.82, 2.24) is 9.97 Å². The van der Waals surface area contributed by atoms with Crippen LogP contribution in [-0.4, -0.2) is 17.1 Å². The van der Waals surface area contributed by atoms with Crippen LogP contribution in [0.15, 0.2) is 36.8 Å². The van der Waals surface area contributed by atoms with Crippen molar-refractivity contribution >= 4 is 11.5 Å². The fraction of sp³-hybridized carbons (Fsp3) is 0.167. The Bertz CT molecular complexity index is 501. The van der Waals surface area contributed by atoms with Gasteiger partial charge in [0.15, 0.2) is 5.82 Å². The van der Waals surface area contributed by atoms with Crippen molar-refractivity contribution in [2.75, 3.05) is 18.2 Å². The number of methoxy groups -OCH3 is 1. The number of anilines is 2. The zero-order chi connectivity index (χ0) is 12.1. The van der Waals surface area contributed by atoms with Crippen molar-refractivity contribution in [2.24, 2.45) is 0 Å². The number of nitrogens with two attached hydrogens (primary N) is 1. The number of aromatic nitrogens is 2. The Balaban J connectivity index is 2.10. The topological polar surface area (TPSA) is 73.1 Å². The molecule has 0 saturated carbocycles. The van der Waals surface area contributed by atoms with Crippen molar-refractivity contribution in [3.8, 4) is 5.75 Å². The summed E-state index contributed by atoms with van der Waals surface area (Å²) in [6, 6.07) is 7.80. The van der Waals surface area contributed by atoms with E-state index >= 15 is 0 Å². The molecule has 2 rings (SSSR count). The third-order valence-electron chi connectivity index (χ3n) is 2.38. The summed E-state index contributed by atoms with van der Waals surface area (Å²) in [5.74, 6) is 1.47. The van der Waals surface area contributed by atoms with Crippen molar-refractivity contribution < 1.29 is 4.74 Å². The summed E-state index contributed by atoms with van der Waals surface area (Å²) in [4.78, 5) is 7.89. The fourth-order valence-corrected chi connectivity index (χ4v) is 1.52. The Hall–Kier alpha value is -2.30. The van der Waals surface area contributed by atoms with E-state index in [0.717, 1.165) is 11.3 Å². The van der Waals surface area contributed by atoms with Gasteiger partial charge in [0.05, 0.1) is 19.0 Å². The SMILES string of the molecule is COc1ccccc1CNc1ncncc1N. The first kappa shape index (κ1) is 11.2. The summed E-state index contributed by atoms with van der Waals surface area (Å²) in [6.45, 7) is 0.602. The monoisotopic (exact) mass is 230 g/mol. The van der Waals surface area contributed by atoms with E-state index < -0.39 is 0 Å². The average molecular weight is 230 g/mol. The normalized spacial score (nSPS) is 9.94. The highest BCUT2D eigenvalue weighted by Crippen LogP contribution is 2.19. The Morgan fingerprint density at radius 1 is 1.35 bits per heavy atom. The molecule has 0 amide bonds.